The molecule has 0 bridgehead atoms. The average molecular weight is 265 g/mol. The molecule has 0 saturated carbocycles. The molecule has 1 aromatic carbocycles. The van der Waals surface area contributed by atoms with Crippen molar-refractivity contribution in [1.29, 1.82) is 0 Å². The first kappa shape index (κ1) is 16.2. The number of ether oxygens (including phenoxy) is 2. The van der Waals surface area contributed by atoms with Crippen LogP contribution in [0.5, 0.6) is 0 Å². The molecule has 0 aliphatic rings. The van der Waals surface area contributed by atoms with Gasteiger partial charge in [0, 0.05) is 13.2 Å². The third-order valence-electron chi connectivity index (χ3n) is 2.95. The summed E-state index contributed by atoms with van der Waals surface area (Å²) in [5.41, 5.74) is 2.48. The third-order valence-corrected chi connectivity index (χ3v) is 2.95. The first-order valence-electron chi connectivity index (χ1n) is 7.26. The normalized spacial score (nSPS) is 12.9. The first-order chi connectivity index (χ1) is 9.22. The van der Waals surface area contributed by atoms with Crippen LogP contribution in [0.1, 0.15) is 44.4 Å². The molecule has 0 amide bonds. The summed E-state index contributed by atoms with van der Waals surface area (Å²) in [7, 11) is 0. The summed E-state index contributed by atoms with van der Waals surface area (Å²) in [6.07, 6.45) is 0.858. The summed E-state index contributed by atoms with van der Waals surface area (Å²) < 4.78 is 11.5. The highest BCUT2D eigenvalue weighted by molar-refractivity contribution is 5.25. The third kappa shape index (κ3) is 5.31. The number of aryl methyl sites for hydroxylation is 1. The Morgan fingerprint density at radius 3 is 2.32 bits per heavy atom. The average Bonchev–Trinajstić information content (AvgIpc) is 2.40. The van der Waals surface area contributed by atoms with Crippen LogP contribution in [-0.4, -0.2) is 26.0 Å². The minimum atomic E-state index is -0.233. The van der Waals surface area contributed by atoms with E-state index in [1.165, 1.54) is 11.1 Å². The minimum Gasteiger partial charge on any atom is -0.351 e. The second-order valence-electron chi connectivity index (χ2n) is 4.63. The van der Waals surface area contributed by atoms with Crippen LogP contribution in [0.25, 0.3) is 0 Å². The summed E-state index contributed by atoms with van der Waals surface area (Å²) in [5, 5.41) is 3.53. The Hall–Kier alpha value is -0.900. The molecule has 0 aliphatic carbocycles. The molecule has 1 aromatic rings. The van der Waals surface area contributed by atoms with E-state index in [0.717, 1.165) is 13.0 Å². The summed E-state index contributed by atoms with van der Waals surface area (Å²) in [4.78, 5) is 0. The molecule has 0 aliphatic heterocycles. The van der Waals surface area contributed by atoms with E-state index in [1.54, 1.807) is 0 Å². The standard InChI is InChI=1S/C16H27NO2/c1-5-11-17-15(16(18-6-2)19-7-3)14-10-8-9-13(4)12-14/h8-10,12,15-17H,5-7,11H2,1-4H3. The van der Waals surface area contributed by atoms with Gasteiger partial charge in [-0.3, -0.25) is 0 Å². The number of rotatable bonds is 9. The molecule has 0 fully saturated rings. The largest absolute Gasteiger partial charge is 0.351 e. The first-order valence-corrected chi connectivity index (χ1v) is 7.26. The summed E-state index contributed by atoms with van der Waals surface area (Å²) in [6, 6.07) is 8.60. The van der Waals surface area contributed by atoms with Crippen molar-refractivity contribution in [3.8, 4) is 0 Å². The van der Waals surface area contributed by atoms with Gasteiger partial charge in [0.1, 0.15) is 0 Å². The van der Waals surface area contributed by atoms with Gasteiger partial charge in [-0.1, -0.05) is 36.8 Å². The van der Waals surface area contributed by atoms with Gasteiger partial charge in [0.2, 0.25) is 0 Å². The summed E-state index contributed by atoms with van der Waals surface area (Å²) in [5.74, 6) is 0. The quantitative estimate of drug-likeness (QED) is 0.694. The Labute approximate surface area is 117 Å². The van der Waals surface area contributed by atoms with E-state index < -0.39 is 0 Å². The van der Waals surface area contributed by atoms with Crippen molar-refractivity contribution in [3.05, 3.63) is 35.4 Å². The number of nitrogens with one attached hydrogen (secondary N) is 1. The molecule has 0 saturated heterocycles. The van der Waals surface area contributed by atoms with Crippen molar-refractivity contribution in [2.24, 2.45) is 0 Å². The van der Waals surface area contributed by atoms with Crippen LogP contribution in [0, 0.1) is 6.92 Å². The second-order valence-corrected chi connectivity index (χ2v) is 4.63. The highest BCUT2D eigenvalue weighted by Gasteiger charge is 2.23. The zero-order valence-corrected chi connectivity index (χ0v) is 12.6. The monoisotopic (exact) mass is 265 g/mol. The SMILES string of the molecule is CCCNC(c1cccc(C)c1)C(OCC)OCC. The van der Waals surface area contributed by atoms with Gasteiger partial charge in [0.15, 0.2) is 6.29 Å². The highest BCUT2D eigenvalue weighted by atomic mass is 16.7. The van der Waals surface area contributed by atoms with Gasteiger partial charge in [-0.15, -0.1) is 0 Å². The molecule has 0 aromatic heterocycles. The maximum Gasteiger partial charge on any atom is 0.176 e. The molecule has 19 heavy (non-hydrogen) atoms. The van der Waals surface area contributed by atoms with Gasteiger partial charge >= 0.3 is 0 Å². The molecular formula is C16H27NO2. The van der Waals surface area contributed by atoms with Crippen LogP contribution < -0.4 is 5.32 Å². The van der Waals surface area contributed by atoms with Crippen molar-refractivity contribution < 1.29 is 9.47 Å². The van der Waals surface area contributed by atoms with Gasteiger partial charge < -0.3 is 14.8 Å². The molecule has 0 heterocycles. The minimum absolute atomic E-state index is 0.0831. The van der Waals surface area contributed by atoms with Gasteiger partial charge in [0.05, 0.1) is 6.04 Å². The lowest BCUT2D eigenvalue weighted by atomic mass is 10.0. The van der Waals surface area contributed by atoms with Crippen molar-refractivity contribution in [2.75, 3.05) is 19.8 Å². The smallest absolute Gasteiger partial charge is 0.176 e. The Bertz CT molecular complexity index is 348. The summed E-state index contributed by atoms with van der Waals surface area (Å²) >= 11 is 0. The molecule has 1 rings (SSSR count). The molecule has 1 N–H and O–H groups in total. The van der Waals surface area contributed by atoms with Crippen LogP contribution in [0.3, 0.4) is 0 Å². The van der Waals surface area contributed by atoms with E-state index in [0.29, 0.717) is 13.2 Å². The van der Waals surface area contributed by atoms with E-state index in [1.807, 2.05) is 13.8 Å². The van der Waals surface area contributed by atoms with Gasteiger partial charge in [-0.2, -0.15) is 0 Å². The molecule has 1 unspecified atom stereocenters. The predicted octanol–water partition coefficient (Wildman–Crippen LogP) is 3.43. The van der Waals surface area contributed by atoms with E-state index in [-0.39, 0.29) is 12.3 Å². The summed E-state index contributed by atoms with van der Waals surface area (Å²) in [6.45, 7) is 10.5. The van der Waals surface area contributed by atoms with E-state index in [4.69, 9.17) is 9.47 Å². The van der Waals surface area contributed by atoms with Crippen molar-refractivity contribution in [3.63, 3.8) is 0 Å². The van der Waals surface area contributed by atoms with E-state index in [9.17, 15) is 0 Å². The van der Waals surface area contributed by atoms with Gasteiger partial charge in [-0.25, -0.2) is 0 Å². The fourth-order valence-corrected chi connectivity index (χ4v) is 2.10. The van der Waals surface area contributed by atoms with Crippen LogP contribution >= 0.6 is 0 Å². The lowest BCUT2D eigenvalue weighted by molar-refractivity contribution is -0.155. The fraction of sp³-hybridized carbons (Fsp3) is 0.625. The van der Waals surface area contributed by atoms with Crippen molar-refractivity contribution in [2.45, 2.75) is 46.4 Å². The molecule has 3 nitrogen and oxygen atoms in total. The molecule has 0 spiro atoms. The predicted molar refractivity (Wildman–Crippen MR) is 79.3 cm³/mol. The van der Waals surface area contributed by atoms with Crippen LogP contribution in [0.4, 0.5) is 0 Å². The zero-order valence-electron chi connectivity index (χ0n) is 12.6. The molecule has 108 valence electrons. The zero-order chi connectivity index (χ0) is 14.1. The maximum atomic E-state index is 5.75. The number of hydrogen-bond donors (Lipinski definition) is 1. The Kier molecular flexibility index (Phi) is 7.72. The van der Waals surface area contributed by atoms with Crippen molar-refractivity contribution in [1.82, 2.24) is 5.32 Å². The van der Waals surface area contributed by atoms with Gasteiger partial charge in [-0.05, 0) is 39.3 Å². The van der Waals surface area contributed by atoms with Gasteiger partial charge in [0.25, 0.3) is 0 Å². The highest BCUT2D eigenvalue weighted by Crippen LogP contribution is 2.21. The topological polar surface area (TPSA) is 30.5 Å². The maximum absolute atomic E-state index is 5.75. The number of hydrogen-bond acceptors (Lipinski definition) is 3. The fourth-order valence-electron chi connectivity index (χ4n) is 2.10. The lowest BCUT2D eigenvalue weighted by Crippen LogP contribution is -2.36. The molecule has 0 radical (unpaired) electrons. The van der Waals surface area contributed by atoms with E-state index in [2.05, 4.69) is 43.4 Å². The number of benzene rings is 1. The lowest BCUT2D eigenvalue weighted by Gasteiger charge is -2.28. The van der Waals surface area contributed by atoms with Crippen LogP contribution in [0.2, 0.25) is 0 Å². The second kappa shape index (κ2) is 9.08. The molecule has 1 atom stereocenters. The molecular weight excluding hydrogens is 238 g/mol. The van der Waals surface area contributed by atoms with Crippen LogP contribution in [-0.2, 0) is 9.47 Å². The van der Waals surface area contributed by atoms with Crippen molar-refractivity contribution >= 4 is 0 Å². The van der Waals surface area contributed by atoms with E-state index >= 15 is 0 Å². The Morgan fingerprint density at radius 2 is 1.79 bits per heavy atom. The Morgan fingerprint density at radius 1 is 1.11 bits per heavy atom. The van der Waals surface area contributed by atoms with Crippen LogP contribution in [0.15, 0.2) is 24.3 Å². The Balaban J connectivity index is 2.90. The molecule has 3 heteroatoms.